The Morgan fingerprint density at radius 2 is 1.95 bits per heavy atom. The summed E-state index contributed by atoms with van der Waals surface area (Å²) in [6.45, 7) is 5.35. The minimum absolute atomic E-state index is 0. The van der Waals surface area contributed by atoms with Crippen LogP contribution in [0.1, 0.15) is 30.2 Å². The number of hydrogen-bond acceptors (Lipinski definition) is 5. The molecule has 1 aromatic rings. The van der Waals surface area contributed by atoms with E-state index in [9.17, 15) is 13.2 Å². The van der Waals surface area contributed by atoms with Crippen molar-refractivity contribution >= 4 is 28.3 Å². The third-order valence-corrected chi connectivity index (χ3v) is 3.89. The van der Waals surface area contributed by atoms with Crippen LogP contribution in [0.25, 0.3) is 0 Å². The first-order chi connectivity index (χ1) is 9.74. The van der Waals surface area contributed by atoms with Crippen molar-refractivity contribution in [3.8, 4) is 0 Å². The maximum absolute atomic E-state index is 12.4. The standard InChI is InChI=1S/C13H21N3O4S.ClH/c1-9-7-16(8-10(2)15-9)13(17)12-5-4-11(20-12)6-14-21(3,18)19;/h4-5,9-10,14-15H,6-8H2,1-3H3;1H. The third kappa shape index (κ3) is 5.28. The molecule has 1 amide bonds. The van der Waals surface area contributed by atoms with Crippen LogP contribution >= 0.6 is 12.4 Å². The molecule has 9 heteroatoms. The second-order valence-electron chi connectivity index (χ2n) is 5.54. The van der Waals surface area contributed by atoms with Crippen LogP contribution in [0.3, 0.4) is 0 Å². The monoisotopic (exact) mass is 351 g/mol. The molecule has 0 bridgehead atoms. The van der Waals surface area contributed by atoms with Gasteiger partial charge in [-0.15, -0.1) is 12.4 Å². The largest absolute Gasteiger partial charge is 0.455 e. The molecule has 1 aromatic heterocycles. The molecular formula is C13H22ClN3O4S. The van der Waals surface area contributed by atoms with Gasteiger partial charge in [-0.3, -0.25) is 4.79 Å². The number of furan rings is 1. The zero-order valence-electron chi connectivity index (χ0n) is 12.8. The van der Waals surface area contributed by atoms with Gasteiger partial charge in [0, 0.05) is 25.2 Å². The van der Waals surface area contributed by atoms with Gasteiger partial charge in [-0.25, -0.2) is 13.1 Å². The fourth-order valence-corrected chi connectivity index (χ4v) is 2.84. The normalized spacial score (nSPS) is 22.2. The van der Waals surface area contributed by atoms with Crippen molar-refractivity contribution in [1.29, 1.82) is 0 Å². The van der Waals surface area contributed by atoms with E-state index in [1.54, 1.807) is 17.0 Å². The Balaban J connectivity index is 0.00000242. The van der Waals surface area contributed by atoms with Crippen LogP contribution in [0.5, 0.6) is 0 Å². The van der Waals surface area contributed by atoms with Crippen molar-refractivity contribution in [3.05, 3.63) is 23.7 Å². The second-order valence-corrected chi connectivity index (χ2v) is 7.37. The first-order valence-electron chi connectivity index (χ1n) is 6.83. The molecule has 0 saturated carbocycles. The van der Waals surface area contributed by atoms with Gasteiger partial charge in [0.15, 0.2) is 5.76 Å². The number of nitrogens with one attached hydrogen (secondary N) is 2. The van der Waals surface area contributed by atoms with Gasteiger partial charge in [0.25, 0.3) is 5.91 Å². The minimum atomic E-state index is -3.28. The number of rotatable bonds is 4. The minimum Gasteiger partial charge on any atom is -0.455 e. The maximum Gasteiger partial charge on any atom is 0.289 e. The zero-order chi connectivity index (χ0) is 15.6. The van der Waals surface area contributed by atoms with E-state index in [0.717, 1.165) is 6.26 Å². The molecule has 2 atom stereocenters. The molecule has 2 unspecified atom stereocenters. The van der Waals surface area contributed by atoms with E-state index < -0.39 is 10.0 Å². The molecule has 1 fully saturated rings. The highest BCUT2D eigenvalue weighted by atomic mass is 35.5. The number of halogens is 1. The summed E-state index contributed by atoms with van der Waals surface area (Å²) in [6.07, 6.45) is 1.07. The van der Waals surface area contributed by atoms with Crippen LogP contribution in [0.15, 0.2) is 16.5 Å². The number of piperazine rings is 1. The molecule has 1 aliphatic heterocycles. The number of hydrogen-bond donors (Lipinski definition) is 2. The number of sulfonamides is 1. The topological polar surface area (TPSA) is 91.7 Å². The average molecular weight is 352 g/mol. The van der Waals surface area contributed by atoms with Crippen LogP contribution in [0.2, 0.25) is 0 Å². The van der Waals surface area contributed by atoms with Crippen molar-refractivity contribution in [3.63, 3.8) is 0 Å². The average Bonchev–Trinajstić information content (AvgIpc) is 2.82. The maximum atomic E-state index is 12.4. The Kier molecular flexibility index (Phi) is 6.42. The van der Waals surface area contributed by atoms with E-state index in [-0.39, 0.29) is 42.7 Å². The Hall–Kier alpha value is -1.09. The molecule has 7 nitrogen and oxygen atoms in total. The number of carbonyl (C=O) groups excluding carboxylic acids is 1. The lowest BCUT2D eigenvalue weighted by molar-refractivity contribution is 0.0640. The Morgan fingerprint density at radius 1 is 1.36 bits per heavy atom. The lowest BCUT2D eigenvalue weighted by Crippen LogP contribution is -2.55. The zero-order valence-corrected chi connectivity index (χ0v) is 14.5. The molecule has 22 heavy (non-hydrogen) atoms. The molecule has 1 saturated heterocycles. The van der Waals surface area contributed by atoms with Crippen molar-refractivity contribution in [2.75, 3.05) is 19.3 Å². The van der Waals surface area contributed by atoms with Gasteiger partial charge >= 0.3 is 0 Å². The summed E-state index contributed by atoms with van der Waals surface area (Å²) < 4.78 is 29.8. The highest BCUT2D eigenvalue weighted by Gasteiger charge is 2.27. The summed E-state index contributed by atoms with van der Waals surface area (Å²) in [7, 11) is -3.28. The second kappa shape index (κ2) is 7.45. The van der Waals surface area contributed by atoms with Crippen molar-refractivity contribution in [2.45, 2.75) is 32.5 Å². The van der Waals surface area contributed by atoms with Crippen LogP contribution < -0.4 is 10.0 Å². The molecule has 2 rings (SSSR count). The highest BCUT2D eigenvalue weighted by Crippen LogP contribution is 2.14. The fourth-order valence-electron chi connectivity index (χ4n) is 2.44. The molecule has 2 N–H and O–H groups in total. The van der Waals surface area contributed by atoms with E-state index in [2.05, 4.69) is 10.0 Å². The first kappa shape index (κ1) is 19.0. The lowest BCUT2D eigenvalue weighted by atomic mass is 10.1. The van der Waals surface area contributed by atoms with E-state index >= 15 is 0 Å². The van der Waals surface area contributed by atoms with Gasteiger partial charge in [0.05, 0.1) is 12.8 Å². The number of amides is 1. The van der Waals surface area contributed by atoms with Crippen LogP contribution in [-0.2, 0) is 16.6 Å². The summed E-state index contributed by atoms with van der Waals surface area (Å²) in [4.78, 5) is 14.1. The summed E-state index contributed by atoms with van der Waals surface area (Å²) in [5.41, 5.74) is 0. The molecule has 0 spiro atoms. The van der Waals surface area contributed by atoms with Gasteiger partial charge < -0.3 is 14.6 Å². The van der Waals surface area contributed by atoms with Gasteiger partial charge in [-0.1, -0.05) is 0 Å². The van der Waals surface area contributed by atoms with Gasteiger partial charge in [-0.05, 0) is 26.0 Å². The van der Waals surface area contributed by atoms with Gasteiger partial charge in [-0.2, -0.15) is 0 Å². The molecule has 2 heterocycles. The van der Waals surface area contributed by atoms with Gasteiger partial charge in [0.1, 0.15) is 5.76 Å². The van der Waals surface area contributed by atoms with E-state index in [1.807, 2.05) is 13.8 Å². The molecule has 126 valence electrons. The Labute approximate surface area is 136 Å². The smallest absolute Gasteiger partial charge is 0.289 e. The van der Waals surface area contributed by atoms with Crippen LogP contribution in [0, 0.1) is 0 Å². The molecule has 1 aliphatic rings. The van der Waals surface area contributed by atoms with Crippen LogP contribution in [-0.4, -0.2) is 50.7 Å². The Bertz CT molecular complexity index is 607. The summed E-state index contributed by atoms with van der Waals surface area (Å²) in [5, 5.41) is 3.36. The SMILES string of the molecule is CC1CN(C(=O)c2ccc(CNS(C)(=O)=O)o2)CC(C)N1.Cl. The number of nitrogens with zero attached hydrogens (tertiary/aromatic N) is 1. The van der Waals surface area contributed by atoms with E-state index in [0.29, 0.717) is 18.8 Å². The Morgan fingerprint density at radius 3 is 2.50 bits per heavy atom. The van der Waals surface area contributed by atoms with Crippen molar-refractivity contribution < 1.29 is 17.6 Å². The first-order valence-corrected chi connectivity index (χ1v) is 8.72. The summed E-state index contributed by atoms with van der Waals surface area (Å²) >= 11 is 0. The predicted molar refractivity (Wildman–Crippen MR) is 85.6 cm³/mol. The third-order valence-electron chi connectivity index (χ3n) is 3.23. The fraction of sp³-hybridized carbons (Fsp3) is 0.615. The lowest BCUT2D eigenvalue weighted by Gasteiger charge is -2.35. The molecular weight excluding hydrogens is 330 g/mol. The van der Waals surface area contributed by atoms with Crippen molar-refractivity contribution in [2.24, 2.45) is 0 Å². The quantitative estimate of drug-likeness (QED) is 0.827. The predicted octanol–water partition coefficient (Wildman–Crippen LogP) is 0.573. The molecule has 0 aromatic carbocycles. The van der Waals surface area contributed by atoms with Crippen molar-refractivity contribution in [1.82, 2.24) is 14.9 Å². The summed E-state index contributed by atoms with van der Waals surface area (Å²) in [5.74, 6) is 0.488. The molecule has 0 radical (unpaired) electrons. The summed E-state index contributed by atoms with van der Waals surface area (Å²) in [6, 6.07) is 3.66. The van der Waals surface area contributed by atoms with Crippen LogP contribution in [0.4, 0.5) is 0 Å². The van der Waals surface area contributed by atoms with Gasteiger partial charge in [0.2, 0.25) is 10.0 Å². The highest BCUT2D eigenvalue weighted by molar-refractivity contribution is 7.88. The van der Waals surface area contributed by atoms with E-state index in [1.165, 1.54) is 0 Å². The molecule has 0 aliphatic carbocycles. The number of carbonyl (C=O) groups is 1. The van der Waals surface area contributed by atoms with E-state index in [4.69, 9.17) is 4.42 Å².